The number of carbonyl (C=O) groups is 2. The van der Waals surface area contributed by atoms with Crippen LogP contribution in [-0.4, -0.2) is 23.3 Å². The number of hydrogen-bond acceptors (Lipinski definition) is 4. The van der Waals surface area contributed by atoms with Crippen molar-refractivity contribution in [2.45, 2.75) is 32.6 Å². The molecule has 6 heteroatoms. The van der Waals surface area contributed by atoms with Crippen LogP contribution in [0.3, 0.4) is 0 Å². The number of hydrogen-bond donors (Lipinski definition) is 1. The van der Waals surface area contributed by atoms with Gasteiger partial charge in [-0.05, 0) is 42.9 Å². The van der Waals surface area contributed by atoms with Gasteiger partial charge in [-0.25, -0.2) is 0 Å². The largest absolute Gasteiger partial charge is 0.324 e. The van der Waals surface area contributed by atoms with Crippen molar-refractivity contribution in [2.24, 2.45) is 5.92 Å². The molecule has 2 aromatic rings. The minimum Gasteiger partial charge on any atom is -0.324 e. The maximum Gasteiger partial charge on any atom is 0.268 e. The smallest absolute Gasteiger partial charge is 0.268 e. The van der Waals surface area contributed by atoms with E-state index >= 15 is 0 Å². The van der Waals surface area contributed by atoms with E-state index in [0.29, 0.717) is 30.3 Å². The van der Waals surface area contributed by atoms with Crippen molar-refractivity contribution in [3.63, 3.8) is 0 Å². The molecule has 1 unspecified atom stereocenters. The predicted octanol–water partition coefficient (Wildman–Crippen LogP) is 3.26. The van der Waals surface area contributed by atoms with Crippen molar-refractivity contribution >= 4 is 34.5 Å². The summed E-state index contributed by atoms with van der Waals surface area (Å²) in [4.78, 5) is 32.9. The van der Waals surface area contributed by atoms with Gasteiger partial charge in [0.1, 0.15) is 0 Å². The van der Waals surface area contributed by atoms with Gasteiger partial charge < -0.3 is 10.2 Å². The Morgan fingerprint density at radius 2 is 2.29 bits per heavy atom. The standard InChI is InChI=1S/C18H19N3O2S/c1-11-2-3-15-12(8-11)9-16(24-15)18(23)21-7-5-17(22)20-13-4-6-19-10-14(13)21/h4,6,9-11H,2-3,5,7-8H2,1H3,(H,20,22). The Labute approximate surface area is 144 Å². The third-order valence-electron chi connectivity index (χ3n) is 4.71. The lowest BCUT2D eigenvalue weighted by atomic mass is 9.90. The zero-order valence-electron chi connectivity index (χ0n) is 13.5. The molecule has 1 atom stereocenters. The number of amides is 2. The molecule has 5 nitrogen and oxygen atoms in total. The van der Waals surface area contributed by atoms with Crippen molar-refractivity contribution in [1.29, 1.82) is 0 Å². The summed E-state index contributed by atoms with van der Waals surface area (Å²) in [6.07, 6.45) is 6.87. The molecule has 2 aromatic heterocycles. The Bertz CT molecular complexity index is 814. The second-order valence-electron chi connectivity index (χ2n) is 6.55. The third-order valence-corrected chi connectivity index (χ3v) is 5.94. The maximum absolute atomic E-state index is 13.1. The van der Waals surface area contributed by atoms with Gasteiger partial charge in [0.15, 0.2) is 0 Å². The van der Waals surface area contributed by atoms with E-state index < -0.39 is 0 Å². The van der Waals surface area contributed by atoms with Crippen molar-refractivity contribution in [1.82, 2.24) is 4.98 Å². The summed E-state index contributed by atoms with van der Waals surface area (Å²) >= 11 is 1.60. The second kappa shape index (κ2) is 6.02. The number of carbonyl (C=O) groups excluding carboxylic acids is 2. The van der Waals surface area contributed by atoms with Crippen molar-refractivity contribution in [3.05, 3.63) is 39.8 Å². The summed E-state index contributed by atoms with van der Waals surface area (Å²) in [7, 11) is 0. The maximum atomic E-state index is 13.1. The molecule has 1 aliphatic heterocycles. The van der Waals surface area contributed by atoms with E-state index in [1.54, 1.807) is 34.7 Å². The Morgan fingerprint density at radius 1 is 1.42 bits per heavy atom. The van der Waals surface area contributed by atoms with E-state index in [1.165, 1.54) is 16.9 Å². The molecule has 2 aliphatic rings. The van der Waals surface area contributed by atoms with Gasteiger partial charge >= 0.3 is 0 Å². The number of thiophene rings is 1. The Morgan fingerprint density at radius 3 is 3.17 bits per heavy atom. The van der Waals surface area contributed by atoms with Crippen LogP contribution in [0.5, 0.6) is 0 Å². The molecule has 0 bridgehead atoms. The minimum atomic E-state index is -0.0722. The zero-order valence-corrected chi connectivity index (χ0v) is 14.4. The normalized spacial score (nSPS) is 20.0. The van der Waals surface area contributed by atoms with Crippen LogP contribution >= 0.6 is 11.3 Å². The van der Waals surface area contributed by atoms with E-state index in [2.05, 4.69) is 17.2 Å². The predicted molar refractivity (Wildman–Crippen MR) is 94.7 cm³/mol. The van der Waals surface area contributed by atoms with Crippen molar-refractivity contribution in [3.8, 4) is 0 Å². The molecule has 0 spiro atoms. The van der Waals surface area contributed by atoms with E-state index in [-0.39, 0.29) is 11.8 Å². The monoisotopic (exact) mass is 341 g/mol. The van der Waals surface area contributed by atoms with Crippen LogP contribution in [0.2, 0.25) is 0 Å². The molecule has 24 heavy (non-hydrogen) atoms. The zero-order chi connectivity index (χ0) is 16.7. The summed E-state index contributed by atoms with van der Waals surface area (Å²) in [6, 6.07) is 3.79. The summed E-state index contributed by atoms with van der Waals surface area (Å²) in [5.74, 6) is 0.574. The number of anilines is 2. The number of aromatic nitrogens is 1. The van der Waals surface area contributed by atoms with Crippen LogP contribution < -0.4 is 10.2 Å². The van der Waals surface area contributed by atoms with Crippen LogP contribution in [0.15, 0.2) is 24.5 Å². The van der Waals surface area contributed by atoms with Crippen LogP contribution in [0, 0.1) is 5.92 Å². The van der Waals surface area contributed by atoms with Crippen LogP contribution in [0.1, 0.15) is 39.9 Å². The average Bonchev–Trinajstić information content (AvgIpc) is 2.91. The first-order chi connectivity index (χ1) is 11.6. The van der Waals surface area contributed by atoms with Gasteiger partial charge in [0.25, 0.3) is 5.91 Å². The summed E-state index contributed by atoms with van der Waals surface area (Å²) in [5.41, 5.74) is 2.64. The minimum absolute atomic E-state index is 0.0344. The first kappa shape index (κ1) is 15.3. The molecule has 124 valence electrons. The van der Waals surface area contributed by atoms with Gasteiger partial charge in [-0.15, -0.1) is 11.3 Å². The molecule has 0 saturated carbocycles. The third kappa shape index (κ3) is 2.71. The van der Waals surface area contributed by atoms with E-state index in [9.17, 15) is 9.59 Å². The molecule has 4 rings (SSSR count). The summed E-state index contributed by atoms with van der Waals surface area (Å²) in [5, 5.41) is 2.84. The van der Waals surface area contributed by atoms with Crippen molar-refractivity contribution < 1.29 is 9.59 Å². The molecule has 0 aromatic carbocycles. The highest BCUT2D eigenvalue weighted by atomic mass is 32.1. The molecular weight excluding hydrogens is 322 g/mol. The first-order valence-electron chi connectivity index (χ1n) is 8.29. The number of aryl methyl sites for hydroxylation is 1. The van der Waals surface area contributed by atoms with Gasteiger partial charge in [-0.2, -0.15) is 0 Å². The Kier molecular flexibility index (Phi) is 3.84. The Balaban J connectivity index is 1.68. The molecule has 0 radical (unpaired) electrons. The molecule has 0 fully saturated rings. The van der Waals surface area contributed by atoms with Gasteiger partial charge in [-0.3, -0.25) is 14.6 Å². The number of nitrogens with one attached hydrogen (secondary N) is 1. The van der Waals surface area contributed by atoms with E-state index in [0.717, 1.165) is 17.7 Å². The van der Waals surface area contributed by atoms with Crippen LogP contribution in [0.4, 0.5) is 11.4 Å². The van der Waals surface area contributed by atoms with Crippen molar-refractivity contribution in [2.75, 3.05) is 16.8 Å². The summed E-state index contributed by atoms with van der Waals surface area (Å²) in [6.45, 7) is 2.64. The number of fused-ring (bicyclic) bond motifs is 2. The van der Waals surface area contributed by atoms with Gasteiger partial charge in [0.2, 0.25) is 5.91 Å². The summed E-state index contributed by atoms with van der Waals surface area (Å²) < 4.78 is 0. The molecular formula is C18H19N3O2S. The van der Waals surface area contributed by atoms with Gasteiger partial charge in [-0.1, -0.05) is 6.92 Å². The SMILES string of the molecule is CC1CCc2sc(C(=O)N3CCC(=O)Nc4ccncc43)cc2C1. The lowest BCUT2D eigenvalue weighted by molar-refractivity contribution is -0.115. The van der Waals surface area contributed by atoms with E-state index in [4.69, 9.17) is 0 Å². The average molecular weight is 341 g/mol. The quantitative estimate of drug-likeness (QED) is 0.866. The highest BCUT2D eigenvalue weighted by molar-refractivity contribution is 7.14. The fourth-order valence-electron chi connectivity index (χ4n) is 3.41. The fourth-order valence-corrected chi connectivity index (χ4v) is 4.57. The first-order valence-corrected chi connectivity index (χ1v) is 9.11. The molecule has 3 heterocycles. The van der Waals surface area contributed by atoms with Crippen LogP contribution in [-0.2, 0) is 17.6 Å². The number of nitrogens with zero attached hydrogens (tertiary/aromatic N) is 2. The van der Waals surface area contributed by atoms with Gasteiger partial charge in [0, 0.05) is 24.0 Å². The number of rotatable bonds is 1. The van der Waals surface area contributed by atoms with Gasteiger partial charge in [0.05, 0.1) is 22.4 Å². The highest BCUT2D eigenvalue weighted by Crippen LogP contribution is 2.35. The fraction of sp³-hybridized carbons (Fsp3) is 0.389. The lowest BCUT2D eigenvalue weighted by Gasteiger charge is -2.20. The topological polar surface area (TPSA) is 62.3 Å². The number of pyridine rings is 1. The molecule has 2 amide bonds. The highest BCUT2D eigenvalue weighted by Gasteiger charge is 2.28. The molecule has 1 N–H and O–H groups in total. The Hall–Kier alpha value is -2.21. The molecule has 0 saturated heterocycles. The molecule has 1 aliphatic carbocycles. The lowest BCUT2D eigenvalue weighted by Crippen LogP contribution is -2.31. The van der Waals surface area contributed by atoms with E-state index in [1.807, 2.05) is 6.07 Å². The second-order valence-corrected chi connectivity index (χ2v) is 7.69. The van der Waals surface area contributed by atoms with Crippen LogP contribution in [0.25, 0.3) is 0 Å².